The van der Waals surface area contributed by atoms with Crippen molar-refractivity contribution in [1.82, 2.24) is 4.90 Å². The molecule has 1 fully saturated rings. The largest absolute Gasteiger partial charge is 0.479 e. The lowest BCUT2D eigenvalue weighted by atomic mass is 9.99. The second kappa shape index (κ2) is 10.3. The number of aryl methyl sites for hydroxylation is 2. The Morgan fingerprint density at radius 2 is 1.74 bits per heavy atom. The van der Waals surface area contributed by atoms with E-state index in [2.05, 4.69) is 36.0 Å². The van der Waals surface area contributed by atoms with Gasteiger partial charge in [0.05, 0.1) is 0 Å². The number of carbonyl (C=O) groups is 1. The fourth-order valence-corrected chi connectivity index (χ4v) is 4.55. The van der Waals surface area contributed by atoms with Crippen LogP contribution >= 0.6 is 0 Å². The van der Waals surface area contributed by atoms with Gasteiger partial charge in [0.2, 0.25) is 6.29 Å². The third-order valence-electron chi connectivity index (χ3n) is 6.34. The van der Waals surface area contributed by atoms with E-state index in [-0.39, 0.29) is 0 Å². The van der Waals surface area contributed by atoms with Crippen molar-refractivity contribution >= 4 is 17.3 Å². The normalized spacial score (nSPS) is 26.5. The third-order valence-corrected chi connectivity index (χ3v) is 6.34. The highest BCUT2D eigenvalue weighted by molar-refractivity contribution is 5.73. The van der Waals surface area contributed by atoms with Gasteiger partial charge < -0.3 is 39.7 Å². The molecule has 0 spiro atoms. The topological polar surface area (TPSA) is 123 Å². The number of ether oxygens (including phenoxy) is 2. The fraction of sp³-hybridized carbons (Fsp3) is 0.480. The van der Waals surface area contributed by atoms with Gasteiger partial charge in [0.1, 0.15) is 24.1 Å². The van der Waals surface area contributed by atoms with Crippen molar-refractivity contribution in [3.05, 3.63) is 53.6 Å². The number of nitrogens with zero attached hydrogens (tertiary/aromatic N) is 2. The zero-order valence-corrected chi connectivity index (χ0v) is 19.4. The molecule has 9 heteroatoms. The van der Waals surface area contributed by atoms with Gasteiger partial charge in [-0.05, 0) is 75.3 Å². The summed E-state index contributed by atoms with van der Waals surface area (Å²) in [5, 5.41) is 39.5. The molecular formula is C25H32N2O7. The number of hydrogen-bond donors (Lipinski definition) is 4. The second-order valence-corrected chi connectivity index (χ2v) is 9.08. The number of rotatable bonds is 7. The summed E-state index contributed by atoms with van der Waals surface area (Å²) in [6, 6.07) is 13.9. The molecule has 1 saturated heterocycles. The Morgan fingerprint density at radius 1 is 1.03 bits per heavy atom. The molecule has 2 aromatic rings. The minimum Gasteiger partial charge on any atom is -0.479 e. The molecule has 0 saturated carbocycles. The molecule has 5 unspecified atom stereocenters. The Balaban J connectivity index is 1.59. The van der Waals surface area contributed by atoms with Crippen LogP contribution in [0.15, 0.2) is 42.5 Å². The van der Waals surface area contributed by atoms with E-state index in [4.69, 9.17) is 9.47 Å². The number of carboxylic acids is 1. The first-order chi connectivity index (χ1) is 16.3. The Morgan fingerprint density at radius 3 is 2.47 bits per heavy atom. The molecule has 0 radical (unpaired) electrons. The number of carboxylic acid groups (broad SMARTS) is 1. The highest BCUT2D eigenvalue weighted by Crippen LogP contribution is 2.38. The first kappa shape index (κ1) is 24.4. The van der Waals surface area contributed by atoms with Gasteiger partial charge in [0.25, 0.3) is 0 Å². The number of benzene rings is 2. The summed E-state index contributed by atoms with van der Waals surface area (Å²) >= 11 is 0. The fourth-order valence-electron chi connectivity index (χ4n) is 4.55. The van der Waals surface area contributed by atoms with Gasteiger partial charge in [-0.3, -0.25) is 0 Å². The second-order valence-electron chi connectivity index (χ2n) is 9.08. The first-order valence-corrected chi connectivity index (χ1v) is 11.5. The number of hydrogen-bond acceptors (Lipinski definition) is 8. The summed E-state index contributed by atoms with van der Waals surface area (Å²) in [5.74, 6) is -1.06. The molecule has 0 aliphatic carbocycles. The molecule has 4 rings (SSSR count). The summed E-state index contributed by atoms with van der Waals surface area (Å²) in [6.07, 6.45) is -5.58. The maximum Gasteiger partial charge on any atom is 0.335 e. The number of aliphatic carboxylic acids is 1. The van der Waals surface area contributed by atoms with Crippen LogP contribution in [-0.4, -0.2) is 89.2 Å². The molecular weight excluding hydrogens is 440 g/mol. The summed E-state index contributed by atoms with van der Waals surface area (Å²) in [7, 11) is 4.11. The van der Waals surface area contributed by atoms with Crippen molar-refractivity contribution in [3.8, 4) is 5.75 Å². The molecule has 2 aliphatic heterocycles. The predicted octanol–water partition coefficient (Wildman–Crippen LogP) is 1.15. The van der Waals surface area contributed by atoms with Crippen LogP contribution < -0.4 is 9.64 Å². The average Bonchev–Trinajstić information content (AvgIpc) is 2.96. The van der Waals surface area contributed by atoms with Crippen LogP contribution in [0.3, 0.4) is 0 Å². The van der Waals surface area contributed by atoms with Gasteiger partial charge in [-0.15, -0.1) is 0 Å². The summed E-state index contributed by atoms with van der Waals surface area (Å²) in [6.45, 7) is 1.81. The summed E-state index contributed by atoms with van der Waals surface area (Å²) < 4.78 is 11.0. The van der Waals surface area contributed by atoms with Gasteiger partial charge >= 0.3 is 5.97 Å². The van der Waals surface area contributed by atoms with Gasteiger partial charge in [0.15, 0.2) is 6.10 Å². The molecule has 184 valence electrons. The van der Waals surface area contributed by atoms with Crippen LogP contribution in [0.2, 0.25) is 0 Å². The van der Waals surface area contributed by atoms with Crippen LogP contribution in [0.1, 0.15) is 17.5 Å². The first-order valence-electron chi connectivity index (χ1n) is 11.5. The van der Waals surface area contributed by atoms with Crippen LogP contribution in [0.4, 0.5) is 11.4 Å². The monoisotopic (exact) mass is 472 g/mol. The van der Waals surface area contributed by atoms with Crippen LogP contribution in [0.5, 0.6) is 5.75 Å². The molecule has 0 amide bonds. The number of anilines is 2. The lowest BCUT2D eigenvalue weighted by Crippen LogP contribution is -2.61. The van der Waals surface area contributed by atoms with Gasteiger partial charge in [0, 0.05) is 17.9 Å². The molecule has 2 aliphatic rings. The Labute approximate surface area is 198 Å². The van der Waals surface area contributed by atoms with Crippen molar-refractivity contribution in [2.24, 2.45) is 0 Å². The third kappa shape index (κ3) is 5.03. The number of fused-ring (bicyclic) bond motifs is 2. The molecule has 0 aromatic heterocycles. The maximum atomic E-state index is 11.4. The molecule has 9 nitrogen and oxygen atoms in total. The van der Waals surface area contributed by atoms with Crippen LogP contribution in [-0.2, 0) is 22.4 Å². The SMILES string of the molecule is CN(C)CCCN1c2ccccc2CCc2cc(OC3OC(C(=O)O)C(O)C(O)C3O)ccc21. The van der Waals surface area contributed by atoms with Crippen LogP contribution in [0, 0.1) is 0 Å². The van der Waals surface area contributed by atoms with E-state index in [1.807, 2.05) is 24.3 Å². The average molecular weight is 473 g/mol. The number of aliphatic hydroxyl groups is 3. The van der Waals surface area contributed by atoms with E-state index in [1.54, 1.807) is 6.07 Å². The Hall–Kier alpha value is -2.69. The maximum absolute atomic E-state index is 11.4. The molecule has 4 N–H and O–H groups in total. The minimum atomic E-state index is -1.76. The van der Waals surface area contributed by atoms with Crippen molar-refractivity contribution in [2.75, 3.05) is 32.1 Å². The summed E-state index contributed by atoms with van der Waals surface area (Å²) in [4.78, 5) is 15.9. The number of para-hydroxylation sites is 1. The van der Waals surface area contributed by atoms with E-state index in [0.717, 1.165) is 43.6 Å². The number of aliphatic hydroxyl groups excluding tert-OH is 3. The van der Waals surface area contributed by atoms with E-state index in [9.17, 15) is 25.2 Å². The smallest absolute Gasteiger partial charge is 0.335 e. The van der Waals surface area contributed by atoms with Crippen molar-refractivity contribution in [3.63, 3.8) is 0 Å². The van der Waals surface area contributed by atoms with E-state index < -0.39 is 36.7 Å². The van der Waals surface area contributed by atoms with E-state index >= 15 is 0 Å². The molecule has 34 heavy (non-hydrogen) atoms. The van der Waals surface area contributed by atoms with Crippen molar-refractivity contribution in [2.45, 2.75) is 50.0 Å². The zero-order chi connectivity index (χ0) is 24.4. The highest BCUT2D eigenvalue weighted by Gasteiger charge is 2.48. The molecule has 5 atom stereocenters. The summed E-state index contributed by atoms with van der Waals surface area (Å²) in [5.41, 5.74) is 4.57. The van der Waals surface area contributed by atoms with Gasteiger partial charge in [-0.1, -0.05) is 18.2 Å². The lowest BCUT2D eigenvalue weighted by Gasteiger charge is -2.38. The highest BCUT2D eigenvalue weighted by atomic mass is 16.7. The van der Waals surface area contributed by atoms with Crippen LogP contribution in [0.25, 0.3) is 0 Å². The Bertz CT molecular complexity index is 1010. The Kier molecular flexibility index (Phi) is 7.39. The van der Waals surface area contributed by atoms with Gasteiger partial charge in [-0.2, -0.15) is 0 Å². The van der Waals surface area contributed by atoms with Crippen molar-refractivity contribution in [1.29, 1.82) is 0 Å². The molecule has 2 heterocycles. The predicted molar refractivity (Wildman–Crippen MR) is 125 cm³/mol. The van der Waals surface area contributed by atoms with E-state index in [0.29, 0.717) is 5.75 Å². The zero-order valence-electron chi connectivity index (χ0n) is 19.4. The molecule has 0 bridgehead atoms. The lowest BCUT2D eigenvalue weighted by molar-refractivity contribution is -0.271. The molecule has 2 aromatic carbocycles. The van der Waals surface area contributed by atoms with Crippen molar-refractivity contribution < 1.29 is 34.7 Å². The minimum absolute atomic E-state index is 0.384. The standard InChI is InChI=1S/C25H32N2O7/c1-26(2)12-5-13-27-18-7-4-3-6-15(18)8-9-16-14-17(10-11-19(16)27)33-25-22(30)20(28)21(29)23(34-25)24(31)32/h3-4,6-7,10-11,14,20-23,25,28-30H,5,8-9,12-13H2,1-2H3,(H,31,32). The van der Waals surface area contributed by atoms with Gasteiger partial charge in [-0.25, -0.2) is 4.79 Å². The van der Waals surface area contributed by atoms with E-state index in [1.165, 1.54) is 11.3 Å². The quantitative estimate of drug-likeness (QED) is 0.470.